The quantitative estimate of drug-likeness (QED) is 0.760. The van der Waals surface area contributed by atoms with Gasteiger partial charge in [-0.15, -0.1) is 0 Å². The summed E-state index contributed by atoms with van der Waals surface area (Å²) in [7, 11) is 1.52. The van der Waals surface area contributed by atoms with E-state index in [-0.39, 0.29) is 5.91 Å². The van der Waals surface area contributed by atoms with E-state index in [4.69, 9.17) is 0 Å². The summed E-state index contributed by atoms with van der Waals surface area (Å²) in [6, 6.07) is 5.62. The summed E-state index contributed by atoms with van der Waals surface area (Å²) in [6.07, 6.45) is -0.832. The standard InChI is InChI=1S/C18H20F3N3O3/c1-22-16(26)13-7-4-12(5-8-13)6-9-15(25)24-10-2-3-14(24)17(27)23-11-18(19,20)21/h4-9,14H,2-3,10-11H2,1H3,(H,22,26)(H,23,27). The van der Waals surface area contributed by atoms with E-state index in [2.05, 4.69) is 5.32 Å². The zero-order valence-corrected chi connectivity index (χ0v) is 14.7. The summed E-state index contributed by atoms with van der Waals surface area (Å²) in [5.41, 5.74) is 1.15. The molecule has 1 aliphatic heterocycles. The summed E-state index contributed by atoms with van der Waals surface area (Å²) < 4.78 is 36.7. The summed E-state index contributed by atoms with van der Waals surface area (Å²) in [5.74, 6) is -1.48. The largest absolute Gasteiger partial charge is 0.405 e. The van der Waals surface area contributed by atoms with Crippen molar-refractivity contribution in [1.82, 2.24) is 15.5 Å². The van der Waals surface area contributed by atoms with E-state index in [1.54, 1.807) is 24.3 Å². The van der Waals surface area contributed by atoms with Gasteiger partial charge in [0.15, 0.2) is 0 Å². The van der Waals surface area contributed by atoms with E-state index in [1.807, 2.05) is 5.32 Å². The Morgan fingerprint density at radius 1 is 1.22 bits per heavy atom. The van der Waals surface area contributed by atoms with Gasteiger partial charge in [0.25, 0.3) is 5.91 Å². The second kappa shape index (κ2) is 8.70. The van der Waals surface area contributed by atoms with Gasteiger partial charge in [-0.05, 0) is 36.6 Å². The van der Waals surface area contributed by atoms with Gasteiger partial charge < -0.3 is 15.5 Å². The molecule has 27 heavy (non-hydrogen) atoms. The molecule has 0 aliphatic carbocycles. The number of amides is 3. The first-order valence-electron chi connectivity index (χ1n) is 8.36. The monoisotopic (exact) mass is 383 g/mol. The van der Waals surface area contributed by atoms with Crippen LogP contribution in [-0.4, -0.2) is 55.0 Å². The molecular formula is C18H20F3N3O3. The normalized spacial score (nSPS) is 17.2. The van der Waals surface area contributed by atoms with E-state index >= 15 is 0 Å². The lowest BCUT2D eigenvalue weighted by molar-refractivity contribution is -0.143. The van der Waals surface area contributed by atoms with Crippen molar-refractivity contribution in [3.05, 3.63) is 41.5 Å². The first-order valence-corrected chi connectivity index (χ1v) is 8.36. The van der Waals surface area contributed by atoms with Crippen molar-refractivity contribution in [2.24, 2.45) is 0 Å². The highest BCUT2D eigenvalue weighted by atomic mass is 19.4. The van der Waals surface area contributed by atoms with Crippen LogP contribution in [0.15, 0.2) is 30.3 Å². The highest BCUT2D eigenvalue weighted by Crippen LogP contribution is 2.19. The van der Waals surface area contributed by atoms with Gasteiger partial charge in [-0.2, -0.15) is 13.2 Å². The van der Waals surface area contributed by atoms with Crippen molar-refractivity contribution in [2.45, 2.75) is 25.1 Å². The Morgan fingerprint density at radius 3 is 2.48 bits per heavy atom. The highest BCUT2D eigenvalue weighted by molar-refractivity contribution is 5.96. The molecule has 0 spiro atoms. The predicted molar refractivity (Wildman–Crippen MR) is 92.7 cm³/mol. The molecule has 1 heterocycles. The minimum atomic E-state index is -4.50. The van der Waals surface area contributed by atoms with E-state index in [1.165, 1.54) is 24.1 Å². The smallest absolute Gasteiger partial charge is 0.355 e. The molecule has 2 rings (SSSR count). The first kappa shape index (κ1) is 20.5. The van der Waals surface area contributed by atoms with Crippen LogP contribution in [0.25, 0.3) is 6.08 Å². The first-order chi connectivity index (χ1) is 12.7. The lowest BCUT2D eigenvalue weighted by atomic mass is 10.1. The Bertz CT molecular complexity index is 730. The van der Waals surface area contributed by atoms with Crippen LogP contribution in [0.3, 0.4) is 0 Å². The highest BCUT2D eigenvalue weighted by Gasteiger charge is 2.35. The summed E-state index contributed by atoms with van der Waals surface area (Å²) >= 11 is 0. The number of hydrogen-bond donors (Lipinski definition) is 2. The average molecular weight is 383 g/mol. The van der Waals surface area contributed by atoms with Gasteiger partial charge in [0.05, 0.1) is 0 Å². The SMILES string of the molecule is CNC(=O)c1ccc(C=CC(=O)N2CCCC2C(=O)NCC(F)(F)F)cc1. The van der Waals surface area contributed by atoms with Gasteiger partial charge >= 0.3 is 6.18 Å². The number of nitrogens with zero attached hydrogens (tertiary/aromatic N) is 1. The van der Waals surface area contributed by atoms with Crippen molar-refractivity contribution in [1.29, 1.82) is 0 Å². The second-order valence-electron chi connectivity index (χ2n) is 6.06. The van der Waals surface area contributed by atoms with Crippen LogP contribution in [0.5, 0.6) is 0 Å². The number of likely N-dealkylation sites (tertiary alicyclic amines) is 1. The van der Waals surface area contributed by atoms with Crippen LogP contribution >= 0.6 is 0 Å². The molecule has 0 saturated carbocycles. The average Bonchev–Trinajstić information content (AvgIpc) is 3.13. The fourth-order valence-electron chi connectivity index (χ4n) is 2.76. The van der Waals surface area contributed by atoms with Gasteiger partial charge in [-0.1, -0.05) is 12.1 Å². The number of benzene rings is 1. The molecule has 3 amide bonds. The third-order valence-corrected chi connectivity index (χ3v) is 4.12. The Hall–Kier alpha value is -2.84. The summed E-state index contributed by atoms with van der Waals surface area (Å²) in [4.78, 5) is 37.0. The lowest BCUT2D eigenvalue weighted by Gasteiger charge is -2.23. The number of alkyl halides is 3. The Balaban J connectivity index is 1.98. The summed E-state index contributed by atoms with van der Waals surface area (Å²) in [5, 5.41) is 4.32. The molecule has 1 aromatic carbocycles. The molecular weight excluding hydrogens is 363 g/mol. The molecule has 1 atom stereocenters. The van der Waals surface area contributed by atoms with Crippen LogP contribution in [0.2, 0.25) is 0 Å². The molecule has 9 heteroatoms. The van der Waals surface area contributed by atoms with E-state index in [0.717, 1.165) is 0 Å². The number of carbonyl (C=O) groups excluding carboxylic acids is 3. The van der Waals surface area contributed by atoms with E-state index in [9.17, 15) is 27.6 Å². The molecule has 1 aromatic rings. The zero-order chi connectivity index (χ0) is 20.0. The molecule has 2 N–H and O–H groups in total. The van der Waals surface area contributed by atoms with Crippen LogP contribution < -0.4 is 10.6 Å². The molecule has 1 fully saturated rings. The molecule has 6 nitrogen and oxygen atoms in total. The van der Waals surface area contributed by atoms with Gasteiger partial charge in [0, 0.05) is 25.2 Å². The lowest BCUT2D eigenvalue weighted by Crippen LogP contribution is -2.47. The minimum Gasteiger partial charge on any atom is -0.355 e. The fraction of sp³-hybridized carbons (Fsp3) is 0.389. The predicted octanol–water partition coefficient (Wildman–Crippen LogP) is 1.73. The molecule has 1 aliphatic rings. The van der Waals surface area contributed by atoms with Crippen molar-refractivity contribution in [3.8, 4) is 0 Å². The number of nitrogens with one attached hydrogen (secondary N) is 2. The Labute approximate surface area is 154 Å². The molecule has 1 saturated heterocycles. The number of halogens is 3. The van der Waals surface area contributed by atoms with Crippen molar-refractivity contribution < 1.29 is 27.6 Å². The molecule has 0 bridgehead atoms. The van der Waals surface area contributed by atoms with Gasteiger partial charge in [-0.25, -0.2) is 0 Å². The van der Waals surface area contributed by atoms with Crippen LogP contribution in [0.4, 0.5) is 13.2 Å². The van der Waals surface area contributed by atoms with Crippen molar-refractivity contribution in [2.75, 3.05) is 20.1 Å². The van der Waals surface area contributed by atoms with Crippen molar-refractivity contribution in [3.63, 3.8) is 0 Å². The van der Waals surface area contributed by atoms with Gasteiger partial charge in [-0.3, -0.25) is 14.4 Å². The van der Waals surface area contributed by atoms with Gasteiger partial charge in [0.1, 0.15) is 12.6 Å². The summed E-state index contributed by atoms with van der Waals surface area (Å²) in [6.45, 7) is -1.11. The second-order valence-corrected chi connectivity index (χ2v) is 6.06. The molecule has 146 valence electrons. The van der Waals surface area contributed by atoms with E-state index < -0.39 is 30.6 Å². The Morgan fingerprint density at radius 2 is 1.89 bits per heavy atom. The van der Waals surface area contributed by atoms with Crippen LogP contribution in [-0.2, 0) is 9.59 Å². The third-order valence-electron chi connectivity index (χ3n) is 4.12. The number of hydrogen-bond acceptors (Lipinski definition) is 3. The van der Waals surface area contributed by atoms with Gasteiger partial charge in [0.2, 0.25) is 11.8 Å². The maximum Gasteiger partial charge on any atom is 0.405 e. The minimum absolute atomic E-state index is 0.230. The molecule has 0 radical (unpaired) electrons. The van der Waals surface area contributed by atoms with Crippen LogP contribution in [0.1, 0.15) is 28.8 Å². The topological polar surface area (TPSA) is 78.5 Å². The molecule has 0 aromatic heterocycles. The maximum atomic E-state index is 12.3. The fourth-order valence-corrected chi connectivity index (χ4v) is 2.76. The molecule has 1 unspecified atom stereocenters. The zero-order valence-electron chi connectivity index (χ0n) is 14.7. The number of rotatable bonds is 5. The maximum absolute atomic E-state index is 12.3. The van der Waals surface area contributed by atoms with Crippen LogP contribution in [0, 0.1) is 0 Å². The Kier molecular flexibility index (Phi) is 6.59. The van der Waals surface area contributed by atoms with Crippen molar-refractivity contribution >= 4 is 23.8 Å². The number of carbonyl (C=O) groups is 3. The van der Waals surface area contributed by atoms with E-state index in [0.29, 0.717) is 30.5 Å². The third kappa shape index (κ3) is 5.83.